The van der Waals surface area contributed by atoms with E-state index in [1.165, 1.54) is 86.5 Å². The van der Waals surface area contributed by atoms with Crippen molar-refractivity contribution in [3.8, 4) is 11.1 Å². The molecule has 0 radical (unpaired) electrons. The van der Waals surface area contributed by atoms with Gasteiger partial charge in [-0.25, -0.2) is 10.4 Å². The van der Waals surface area contributed by atoms with Crippen LogP contribution in [0.1, 0.15) is 75.3 Å². The van der Waals surface area contributed by atoms with Crippen LogP contribution in [0.15, 0.2) is 58.6 Å². The van der Waals surface area contributed by atoms with Crippen LogP contribution in [0.2, 0.25) is 0 Å². The number of rotatable bonds is 3. The van der Waals surface area contributed by atoms with Crippen LogP contribution in [-0.2, 0) is 0 Å². The second-order valence-electron chi connectivity index (χ2n) is 8.91. The van der Waals surface area contributed by atoms with Gasteiger partial charge in [0, 0.05) is 17.2 Å². The molecule has 0 saturated heterocycles. The van der Waals surface area contributed by atoms with E-state index in [2.05, 4.69) is 59.3 Å². The minimum absolute atomic E-state index is 0.417. The molecular weight excluding hydrogens is 368 g/mol. The molecule has 0 aliphatic heterocycles. The lowest BCUT2D eigenvalue weighted by atomic mass is 9.95. The Labute approximate surface area is 179 Å². The second-order valence-corrected chi connectivity index (χ2v) is 8.91. The second kappa shape index (κ2) is 9.03. The molecule has 0 atom stereocenters. The summed E-state index contributed by atoms with van der Waals surface area (Å²) in [6.45, 7) is 0. The average Bonchev–Trinajstić information content (AvgIpc) is 3.13. The molecule has 30 heavy (non-hydrogen) atoms. The van der Waals surface area contributed by atoms with Crippen LogP contribution in [0.4, 0.5) is 0 Å². The highest BCUT2D eigenvalue weighted by molar-refractivity contribution is 6.24. The fraction of sp³-hybridized carbons (Fsp3) is 0.462. The maximum atomic E-state index is 5.09. The Morgan fingerprint density at radius 3 is 1.80 bits per heavy atom. The van der Waals surface area contributed by atoms with Crippen molar-refractivity contribution >= 4 is 11.7 Å². The molecular formula is C26H32N4. The Kier molecular flexibility index (Phi) is 5.82. The van der Waals surface area contributed by atoms with Gasteiger partial charge in [-0.3, -0.25) is 0 Å². The number of hydrogen-bond donors (Lipinski definition) is 2. The highest BCUT2D eigenvalue weighted by Gasteiger charge is 2.24. The van der Waals surface area contributed by atoms with Gasteiger partial charge in [-0.1, -0.05) is 87.1 Å². The molecule has 3 aliphatic rings. The molecule has 0 aromatic heterocycles. The van der Waals surface area contributed by atoms with Crippen molar-refractivity contribution in [3.05, 3.63) is 59.7 Å². The van der Waals surface area contributed by atoms with Crippen molar-refractivity contribution < 1.29 is 0 Å². The van der Waals surface area contributed by atoms with Crippen molar-refractivity contribution in [1.82, 2.24) is 10.7 Å². The van der Waals surface area contributed by atoms with Crippen molar-refractivity contribution in [1.29, 1.82) is 0 Å². The topological polar surface area (TPSA) is 48.8 Å². The zero-order chi connectivity index (χ0) is 20.2. The summed E-state index contributed by atoms with van der Waals surface area (Å²) < 4.78 is 0. The highest BCUT2D eigenvalue weighted by atomic mass is 15.4. The van der Waals surface area contributed by atoms with Gasteiger partial charge >= 0.3 is 0 Å². The normalized spacial score (nSPS) is 19.9. The van der Waals surface area contributed by atoms with Crippen molar-refractivity contribution in [2.45, 2.75) is 76.3 Å². The van der Waals surface area contributed by atoms with Crippen LogP contribution < -0.4 is 10.7 Å². The third-order valence-electron chi connectivity index (χ3n) is 6.76. The predicted octanol–water partition coefficient (Wildman–Crippen LogP) is 5.62. The number of hydrogen-bond acceptors (Lipinski definition) is 2. The lowest BCUT2D eigenvalue weighted by Gasteiger charge is -2.26. The van der Waals surface area contributed by atoms with Gasteiger partial charge < -0.3 is 5.32 Å². The molecule has 2 N–H and O–H groups in total. The van der Waals surface area contributed by atoms with Crippen LogP contribution >= 0.6 is 0 Å². The summed E-state index contributed by atoms with van der Waals surface area (Å²) >= 11 is 0. The number of nitrogens with zero attached hydrogens (tertiary/aromatic N) is 2. The van der Waals surface area contributed by atoms with Crippen LogP contribution in [-0.4, -0.2) is 23.8 Å². The Morgan fingerprint density at radius 1 is 0.667 bits per heavy atom. The van der Waals surface area contributed by atoms with E-state index < -0.39 is 0 Å². The van der Waals surface area contributed by atoms with Gasteiger partial charge in [0.25, 0.3) is 0 Å². The molecule has 4 heteroatoms. The molecule has 156 valence electrons. The summed E-state index contributed by atoms with van der Waals surface area (Å²) in [4.78, 5) is 5.09. The fourth-order valence-electron chi connectivity index (χ4n) is 5.15. The summed E-state index contributed by atoms with van der Waals surface area (Å²) in [6, 6.07) is 18.0. The molecule has 0 bridgehead atoms. The van der Waals surface area contributed by atoms with E-state index in [1.54, 1.807) is 0 Å². The molecule has 0 unspecified atom stereocenters. The Bertz CT molecular complexity index is 886. The number of nitrogens with one attached hydrogen (secondary N) is 2. The number of hydrazone groups is 1. The van der Waals surface area contributed by atoms with E-state index in [0.717, 1.165) is 11.7 Å². The molecule has 0 amide bonds. The SMILES string of the molecule is c1ccc2c(c1)C(=NNC(=NC1CCCCC1)NC1CCCCC1)c1ccccc1-2. The molecule has 2 aromatic carbocycles. The third-order valence-corrected chi connectivity index (χ3v) is 6.76. The summed E-state index contributed by atoms with van der Waals surface area (Å²) in [5.41, 5.74) is 9.30. The van der Waals surface area contributed by atoms with E-state index in [9.17, 15) is 0 Å². The fourth-order valence-corrected chi connectivity index (χ4v) is 5.15. The minimum Gasteiger partial charge on any atom is -0.352 e. The molecule has 2 saturated carbocycles. The maximum absolute atomic E-state index is 5.09. The first kappa shape index (κ1) is 19.3. The zero-order valence-electron chi connectivity index (χ0n) is 17.7. The largest absolute Gasteiger partial charge is 0.352 e. The van der Waals surface area contributed by atoms with Crippen LogP contribution in [0, 0.1) is 0 Å². The first-order valence-electron chi connectivity index (χ1n) is 11.8. The molecule has 4 nitrogen and oxygen atoms in total. The number of benzene rings is 2. The van der Waals surface area contributed by atoms with Crippen molar-refractivity contribution in [3.63, 3.8) is 0 Å². The minimum atomic E-state index is 0.417. The molecule has 0 heterocycles. The Hall–Kier alpha value is -2.62. The first-order chi connectivity index (χ1) is 14.9. The number of aliphatic imine (C=N–C) groups is 1. The van der Waals surface area contributed by atoms with Crippen LogP contribution in [0.25, 0.3) is 11.1 Å². The Balaban J connectivity index is 1.42. The van der Waals surface area contributed by atoms with Gasteiger partial charge in [-0.05, 0) is 36.8 Å². The van der Waals surface area contributed by atoms with Gasteiger partial charge in [-0.2, -0.15) is 5.10 Å². The maximum Gasteiger partial charge on any atom is 0.212 e. The van der Waals surface area contributed by atoms with Crippen LogP contribution in [0.5, 0.6) is 0 Å². The summed E-state index contributed by atoms with van der Waals surface area (Å²) in [6.07, 6.45) is 12.8. The lowest BCUT2D eigenvalue weighted by molar-refractivity contribution is 0.405. The van der Waals surface area contributed by atoms with E-state index in [1.807, 2.05) is 0 Å². The van der Waals surface area contributed by atoms with Gasteiger partial charge in [0.05, 0.1) is 11.8 Å². The summed E-state index contributed by atoms with van der Waals surface area (Å²) in [7, 11) is 0. The van der Waals surface area contributed by atoms with Crippen molar-refractivity contribution in [2.24, 2.45) is 10.1 Å². The van der Waals surface area contributed by atoms with E-state index >= 15 is 0 Å². The molecule has 0 spiro atoms. The monoisotopic (exact) mass is 400 g/mol. The first-order valence-corrected chi connectivity index (χ1v) is 11.8. The number of guanidine groups is 1. The quantitative estimate of drug-likeness (QED) is 0.340. The van der Waals surface area contributed by atoms with Gasteiger partial charge in [0.1, 0.15) is 0 Å². The zero-order valence-corrected chi connectivity index (χ0v) is 17.7. The average molecular weight is 401 g/mol. The van der Waals surface area contributed by atoms with Gasteiger partial charge in [0.15, 0.2) is 0 Å². The lowest BCUT2D eigenvalue weighted by Crippen LogP contribution is -2.43. The Morgan fingerprint density at radius 2 is 1.20 bits per heavy atom. The number of fused-ring (bicyclic) bond motifs is 3. The van der Waals surface area contributed by atoms with Gasteiger partial charge in [0.2, 0.25) is 5.96 Å². The van der Waals surface area contributed by atoms with Crippen molar-refractivity contribution in [2.75, 3.05) is 0 Å². The van der Waals surface area contributed by atoms with E-state index in [0.29, 0.717) is 12.1 Å². The summed E-state index contributed by atoms with van der Waals surface area (Å²) in [5.74, 6) is 0.864. The summed E-state index contributed by atoms with van der Waals surface area (Å²) in [5, 5.41) is 8.62. The van der Waals surface area contributed by atoms with Gasteiger partial charge in [-0.15, -0.1) is 0 Å². The standard InChI is InChI=1S/C26H32N4/c1-3-11-19(12-4-1)27-26(28-20-13-5-2-6-14-20)30-29-25-23-17-9-7-15-21(23)22-16-8-10-18-24(22)25/h7-10,15-20H,1-6,11-14H2,(H2,27,28,30). The highest BCUT2D eigenvalue weighted by Crippen LogP contribution is 2.36. The van der Waals surface area contributed by atoms with Crippen LogP contribution in [0.3, 0.4) is 0 Å². The van der Waals surface area contributed by atoms with E-state index in [4.69, 9.17) is 10.1 Å². The molecule has 3 aliphatic carbocycles. The smallest absolute Gasteiger partial charge is 0.212 e. The molecule has 2 fully saturated rings. The molecule has 5 rings (SSSR count). The third kappa shape index (κ3) is 4.14. The predicted molar refractivity (Wildman–Crippen MR) is 125 cm³/mol. The molecule has 2 aromatic rings. The van der Waals surface area contributed by atoms with E-state index in [-0.39, 0.29) is 0 Å².